The zero-order chi connectivity index (χ0) is 27.9. The Labute approximate surface area is 228 Å². The highest BCUT2D eigenvalue weighted by Crippen LogP contribution is 2.23. The second kappa shape index (κ2) is 12.3. The highest BCUT2D eigenvalue weighted by Gasteiger charge is 2.30. The molecule has 12 nitrogen and oxygen atoms in total. The minimum absolute atomic E-state index is 0.0164. The van der Waals surface area contributed by atoms with Crippen molar-refractivity contribution in [1.82, 2.24) is 30.4 Å². The smallest absolute Gasteiger partial charge is 0.335 e. The van der Waals surface area contributed by atoms with Gasteiger partial charge in [-0.15, -0.1) is 5.10 Å². The third kappa shape index (κ3) is 7.26. The number of carboxylic acids is 1. The molecule has 39 heavy (non-hydrogen) atoms. The van der Waals surface area contributed by atoms with E-state index in [0.29, 0.717) is 47.9 Å². The van der Waals surface area contributed by atoms with Crippen LogP contribution in [0.15, 0.2) is 54.9 Å². The zero-order valence-electron chi connectivity index (χ0n) is 21.0. The standard InChI is InChI=1S/C26H26ClN7O5/c1-16(35)33-11-10-17(14-33)12-22(25(37)29-21-6-2-18(3-7-21)26(38)39)30-24(36)9-4-19-13-20(27)5-8-23(19)34-15-28-31-32-34/h2-9,13,15,17,22H,10-12,14H2,1H3,(H,29,37)(H,30,36)(H,38,39)/t17?,22-/m0/s1. The average molecular weight is 552 g/mol. The summed E-state index contributed by atoms with van der Waals surface area (Å²) in [6.07, 6.45) is 5.27. The lowest BCUT2D eigenvalue weighted by molar-refractivity contribution is -0.128. The van der Waals surface area contributed by atoms with Crippen molar-refractivity contribution in [3.63, 3.8) is 0 Å². The SMILES string of the molecule is CC(=O)N1CCC(C[C@H](NC(=O)C=Cc2cc(Cl)ccc2-n2cnnn2)C(=O)Nc2ccc(C(=O)O)cc2)C1. The Kier molecular flexibility index (Phi) is 8.67. The zero-order valence-corrected chi connectivity index (χ0v) is 21.7. The van der Waals surface area contributed by atoms with Gasteiger partial charge in [0.05, 0.1) is 11.3 Å². The van der Waals surface area contributed by atoms with E-state index in [4.69, 9.17) is 16.7 Å². The summed E-state index contributed by atoms with van der Waals surface area (Å²) in [4.78, 5) is 50.7. The number of halogens is 1. The molecule has 2 atom stereocenters. The molecule has 0 spiro atoms. The van der Waals surface area contributed by atoms with Gasteiger partial charge in [0.25, 0.3) is 0 Å². The number of tetrazole rings is 1. The van der Waals surface area contributed by atoms with Crippen LogP contribution in [0.4, 0.5) is 5.69 Å². The van der Waals surface area contributed by atoms with Gasteiger partial charge in [-0.1, -0.05) is 11.6 Å². The molecule has 202 valence electrons. The summed E-state index contributed by atoms with van der Waals surface area (Å²) >= 11 is 6.14. The summed E-state index contributed by atoms with van der Waals surface area (Å²) in [5, 5.41) is 26.2. The summed E-state index contributed by atoms with van der Waals surface area (Å²) in [7, 11) is 0. The van der Waals surface area contributed by atoms with Crippen LogP contribution in [0, 0.1) is 5.92 Å². The number of anilines is 1. The van der Waals surface area contributed by atoms with Crippen LogP contribution in [0.25, 0.3) is 11.8 Å². The van der Waals surface area contributed by atoms with Crippen molar-refractivity contribution in [2.75, 3.05) is 18.4 Å². The van der Waals surface area contributed by atoms with E-state index in [0.717, 1.165) is 0 Å². The lowest BCUT2D eigenvalue weighted by Crippen LogP contribution is -2.44. The molecule has 1 aromatic heterocycles. The fourth-order valence-electron chi connectivity index (χ4n) is 4.33. The Bertz CT molecular complexity index is 1390. The van der Waals surface area contributed by atoms with Gasteiger partial charge in [0.2, 0.25) is 17.7 Å². The molecule has 3 N–H and O–H groups in total. The molecular formula is C26H26ClN7O5. The fraction of sp³-hybridized carbons (Fsp3) is 0.269. The largest absolute Gasteiger partial charge is 0.478 e. The molecule has 0 saturated carbocycles. The minimum atomic E-state index is -1.08. The molecule has 13 heteroatoms. The van der Waals surface area contributed by atoms with Crippen molar-refractivity contribution in [3.8, 4) is 5.69 Å². The average Bonchev–Trinajstić information content (AvgIpc) is 3.60. The number of hydrogen-bond donors (Lipinski definition) is 3. The van der Waals surface area contributed by atoms with Crippen molar-refractivity contribution in [3.05, 3.63) is 71.0 Å². The van der Waals surface area contributed by atoms with E-state index >= 15 is 0 Å². The first-order valence-electron chi connectivity index (χ1n) is 12.1. The molecule has 1 unspecified atom stereocenters. The first kappa shape index (κ1) is 27.5. The number of carbonyl (C=O) groups excluding carboxylic acids is 3. The van der Waals surface area contributed by atoms with E-state index in [1.807, 2.05) is 0 Å². The Morgan fingerprint density at radius 2 is 1.95 bits per heavy atom. The number of carboxylic acid groups (broad SMARTS) is 1. The van der Waals surface area contributed by atoms with Crippen molar-refractivity contribution < 1.29 is 24.3 Å². The van der Waals surface area contributed by atoms with Gasteiger partial charge in [-0.05, 0) is 77.7 Å². The first-order valence-corrected chi connectivity index (χ1v) is 12.5. The van der Waals surface area contributed by atoms with E-state index in [1.165, 1.54) is 48.3 Å². The summed E-state index contributed by atoms with van der Waals surface area (Å²) < 4.78 is 1.43. The molecule has 3 aromatic rings. The van der Waals surface area contributed by atoms with E-state index in [9.17, 15) is 19.2 Å². The summed E-state index contributed by atoms with van der Waals surface area (Å²) in [5.74, 6) is -2.07. The molecule has 1 fully saturated rings. The van der Waals surface area contributed by atoms with Crippen LogP contribution in [-0.2, 0) is 14.4 Å². The lowest BCUT2D eigenvalue weighted by Gasteiger charge is -2.21. The molecule has 3 amide bonds. The molecule has 0 bridgehead atoms. The number of carbonyl (C=O) groups is 4. The number of aromatic carboxylic acids is 1. The maximum absolute atomic E-state index is 13.2. The predicted octanol–water partition coefficient (Wildman–Crippen LogP) is 2.41. The van der Waals surface area contributed by atoms with Crippen molar-refractivity contribution >= 4 is 47.1 Å². The van der Waals surface area contributed by atoms with Gasteiger partial charge in [-0.2, -0.15) is 4.68 Å². The summed E-state index contributed by atoms with van der Waals surface area (Å²) in [5.41, 5.74) is 1.65. The molecule has 0 radical (unpaired) electrons. The number of nitrogens with one attached hydrogen (secondary N) is 2. The molecule has 1 aliphatic rings. The predicted molar refractivity (Wildman–Crippen MR) is 142 cm³/mol. The topological polar surface area (TPSA) is 159 Å². The molecule has 2 aromatic carbocycles. The number of benzene rings is 2. The van der Waals surface area contributed by atoms with Crippen LogP contribution in [0.2, 0.25) is 5.02 Å². The van der Waals surface area contributed by atoms with Crippen LogP contribution in [0.1, 0.15) is 35.7 Å². The van der Waals surface area contributed by atoms with Crippen LogP contribution >= 0.6 is 11.6 Å². The van der Waals surface area contributed by atoms with Crippen LogP contribution in [0.5, 0.6) is 0 Å². The Balaban J connectivity index is 1.50. The van der Waals surface area contributed by atoms with Gasteiger partial charge in [-0.3, -0.25) is 14.4 Å². The number of rotatable bonds is 9. The van der Waals surface area contributed by atoms with Crippen LogP contribution in [-0.4, -0.2) is 73.0 Å². The quantitative estimate of drug-likeness (QED) is 0.342. The maximum Gasteiger partial charge on any atom is 0.335 e. The van der Waals surface area contributed by atoms with Crippen LogP contribution < -0.4 is 10.6 Å². The number of aromatic nitrogens is 4. The Hall–Kier alpha value is -4.58. The van der Waals surface area contributed by atoms with E-state index < -0.39 is 23.8 Å². The van der Waals surface area contributed by atoms with Gasteiger partial charge in [-0.25, -0.2) is 4.79 Å². The molecular weight excluding hydrogens is 526 g/mol. The monoisotopic (exact) mass is 551 g/mol. The second-order valence-corrected chi connectivity index (χ2v) is 9.52. The molecule has 1 saturated heterocycles. The number of hydrogen-bond acceptors (Lipinski definition) is 7. The van der Waals surface area contributed by atoms with Gasteiger partial charge in [0, 0.05) is 42.4 Å². The van der Waals surface area contributed by atoms with Gasteiger partial charge in [0.15, 0.2) is 0 Å². The Morgan fingerprint density at radius 3 is 2.59 bits per heavy atom. The minimum Gasteiger partial charge on any atom is -0.478 e. The highest BCUT2D eigenvalue weighted by molar-refractivity contribution is 6.30. The maximum atomic E-state index is 13.2. The third-order valence-corrected chi connectivity index (χ3v) is 6.57. The van der Waals surface area contributed by atoms with Gasteiger partial charge in [0.1, 0.15) is 12.4 Å². The summed E-state index contributed by atoms with van der Waals surface area (Å²) in [6.45, 7) is 2.59. The van der Waals surface area contributed by atoms with Crippen LogP contribution in [0.3, 0.4) is 0 Å². The first-order chi connectivity index (χ1) is 18.7. The Morgan fingerprint density at radius 1 is 1.18 bits per heavy atom. The molecule has 1 aliphatic heterocycles. The molecule has 4 rings (SSSR count). The second-order valence-electron chi connectivity index (χ2n) is 9.08. The normalized spacial score (nSPS) is 15.7. The van der Waals surface area contributed by atoms with E-state index in [1.54, 1.807) is 29.2 Å². The van der Waals surface area contributed by atoms with E-state index in [-0.39, 0.29) is 17.4 Å². The van der Waals surface area contributed by atoms with Crippen molar-refractivity contribution in [1.29, 1.82) is 0 Å². The lowest BCUT2D eigenvalue weighted by atomic mass is 9.98. The third-order valence-electron chi connectivity index (χ3n) is 6.33. The molecule has 0 aliphatic carbocycles. The van der Waals surface area contributed by atoms with Crippen molar-refractivity contribution in [2.24, 2.45) is 5.92 Å². The number of likely N-dealkylation sites (tertiary alicyclic amines) is 1. The van der Waals surface area contributed by atoms with E-state index in [2.05, 4.69) is 26.2 Å². The highest BCUT2D eigenvalue weighted by atomic mass is 35.5. The number of amides is 3. The van der Waals surface area contributed by atoms with Crippen molar-refractivity contribution in [2.45, 2.75) is 25.8 Å². The van der Waals surface area contributed by atoms with Gasteiger partial charge < -0.3 is 20.6 Å². The number of nitrogens with zero attached hydrogens (tertiary/aromatic N) is 5. The molecule has 2 heterocycles. The summed E-state index contributed by atoms with van der Waals surface area (Å²) in [6, 6.07) is 9.85. The van der Waals surface area contributed by atoms with Gasteiger partial charge >= 0.3 is 5.97 Å². The fourth-order valence-corrected chi connectivity index (χ4v) is 4.51.